The summed E-state index contributed by atoms with van der Waals surface area (Å²) >= 11 is 6.34. The summed E-state index contributed by atoms with van der Waals surface area (Å²) in [5.74, 6) is 0.0269. The van der Waals surface area contributed by atoms with Crippen molar-refractivity contribution in [2.45, 2.75) is 38.7 Å². The SMILES string of the molecule is CN1CCN(c2cc(Cl)ccc2CC2OCCN(c3ccc(C(C)(C)C)cc3)C2=O)CC1.Cl. The Kier molecular flexibility index (Phi) is 8.33. The molecule has 2 aromatic carbocycles. The average molecular weight is 492 g/mol. The quantitative estimate of drug-likeness (QED) is 0.615. The number of rotatable bonds is 4. The molecule has 1 atom stereocenters. The molecule has 5 nitrogen and oxygen atoms in total. The number of benzene rings is 2. The van der Waals surface area contributed by atoms with Crippen LogP contribution in [0.3, 0.4) is 0 Å². The molecule has 2 heterocycles. The predicted molar refractivity (Wildman–Crippen MR) is 139 cm³/mol. The zero-order valence-corrected chi connectivity index (χ0v) is 21.6. The molecule has 2 aromatic rings. The maximum Gasteiger partial charge on any atom is 0.256 e. The second-order valence-electron chi connectivity index (χ2n) is 9.91. The van der Waals surface area contributed by atoms with Crippen molar-refractivity contribution in [3.8, 4) is 0 Å². The molecular formula is C26H35Cl2N3O2. The van der Waals surface area contributed by atoms with Gasteiger partial charge in [0.1, 0.15) is 6.10 Å². The molecule has 33 heavy (non-hydrogen) atoms. The Morgan fingerprint density at radius 3 is 2.30 bits per heavy atom. The van der Waals surface area contributed by atoms with Gasteiger partial charge in [-0.15, -0.1) is 12.4 Å². The number of nitrogens with zero attached hydrogens (tertiary/aromatic N) is 3. The van der Waals surface area contributed by atoms with Gasteiger partial charge < -0.3 is 19.4 Å². The largest absolute Gasteiger partial charge is 0.369 e. The Hall–Kier alpha value is -1.79. The molecular weight excluding hydrogens is 457 g/mol. The van der Waals surface area contributed by atoms with Gasteiger partial charge in [0.15, 0.2) is 0 Å². The van der Waals surface area contributed by atoms with Crippen LogP contribution >= 0.6 is 24.0 Å². The molecule has 7 heteroatoms. The Labute approximate surface area is 209 Å². The molecule has 0 aromatic heterocycles. The van der Waals surface area contributed by atoms with Crippen molar-refractivity contribution in [3.63, 3.8) is 0 Å². The second kappa shape index (κ2) is 10.6. The Bertz CT molecular complexity index is 951. The molecule has 0 bridgehead atoms. The molecule has 1 amide bonds. The predicted octanol–water partition coefficient (Wildman–Crippen LogP) is 4.79. The first kappa shape index (κ1) is 25.8. The molecule has 1 unspecified atom stereocenters. The fraction of sp³-hybridized carbons (Fsp3) is 0.500. The van der Waals surface area contributed by atoms with Gasteiger partial charge in [-0.1, -0.05) is 50.6 Å². The highest BCUT2D eigenvalue weighted by molar-refractivity contribution is 6.30. The Morgan fingerprint density at radius 2 is 1.67 bits per heavy atom. The zero-order chi connectivity index (χ0) is 22.9. The Morgan fingerprint density at radius 1 is 1.00 bits per heavy atom. The van der Waals surface area contributed by atoms with E-state index in [1.54, 1.807) is 0 Å². The van der Waals surface area contributed by atoms with Gasteiger partial charge in [0.2, 0.25) is 0 Å². The van der Waals surface area contributed by atoms with E-state index in [0.717, 1.165) is 48.1 Å². The van der Waals surface area contributed by atoms with Crippen molar-refractivity contribution >= 4 is 41.3 Å². The number of anilines is 2. The van der Waals surface area contributed by atoms with Crippen LogP contribution in [-0.2, 0) is 21.4 Å². The van der Waals surface area contributed by atoms with Crippen LogP contribution in [0, 0.1) is 0 Å². The molecule has 2 aliphatic rings. The smallest absolute Gasteiger partial charge is 0.256 e. The number of halogens is 2. The van der Waals surface area contributed by atoms with Gasteiger partial charge in [-0.2, -0.15) is 0 Å². The third kappa shape index (κ3) is 6.02. The molecule has 0 N–H and O–H groups in total. The third-order valence-corrected chi connectivity index (χ3v) is 6.75. The molecule has 0 aliphatic carbocycles. The van der Waals surface area contributed by atoms with E-state index in [2.05, 4.69) is 61.9 Å². The van der Waals surface area contributed by atoms with Crippen LogP contribution in [0.25, 0.3) is 0 Å². The minimum absolute atomic E-state index is 0. The van der Waals surface area contributed by atoms with Gasteiger partial charge >= 0.3 is 0 Å². The van der Waals surface area contributed by atoms with Crippen molar-refractivity contribution in [1.82, 2.24) is 4.90 Å². The molecule has 2 fully saturated rings. The standard InChI is InChI=1S/C26H34ClN3O2.ClH/c1-26(2,3)20-6-9-22(10-7-20)30-15-16-32-24(25(30)31)17-19-5-8-21(27)18-23(19)29-13-11-28(4)12-14-29;/h5-10,18,24H,11-17H2,1-4H3;1H. The highest BCUT2D eigenvalue weighted by atomic mass is 35.5. The van der Waals surface area contributed by atoms with Gasteiger partial charge in [-0.3, -0.25) is 4.79 Å². The lowest BCUT2D eigenvalue weighted by molar-refractivity contribution is -0.133. The van der Waals surface area contributed by atoms with Gasteiger partial charge in [0.25, 0.3) is 5.91 Å². The zero-order valence-electron chi connectivity index (χ0n) is 20.0. The number of morpholine rings is 1. The first-order chi connectivity index (χ1) is 15.2. The second-order valence-corrected chi connectivity index (χ2v) is 10.4. The molecule has 2 saturated heterocycles. The van der Waals surface area contributed by atoms with Gasteiger partial charge in [-0.25, -0.2) is 0 Å². The van der Waals surface area contributed by atoms with E-state index in [-0.39, 0.29) is 23.7 Å². The lowest BCUT2D eigenvalue weighted by Gasteiger charge is -2.36. The highest BCUT2D eigenvalue weighted by Crippen LogP contribution is 2.30. The van der Waals surface area contributed by atoms with E-state index in [1.165, 1.54) is 5.56 Å². The molecule has 180 valence electrons. The summed E-state index contributed by atoms with van der Waals surface area (Å²) in [5.41, 5.74) is 4.52. The van der Waals surface area contributed by atoms with Crippen LogP contribution in [0.4, 0.5) is 11.4 Å². The van der Waals surface area contributed by atoms with Crippen LogP contribution in [0.15, 0.2) is 42.5 Å². The van der Waals surface area contributed by atoms with E-state index in [0.29, 0.717) is 19.6 Å². The minimum atomic E-state index is -0.488. The average Bonchev–Trinajstić information content (AvgIpc) is 2.76. The van der Waals surface area contributed by atoms with Gasteiger partial charge in [0, 0.05) is 55.5 Å². The first-order valence-corrected chi connectivity index (χ1v) is 11.9. The number of amides is 1. The number of carbonyl (C=O) groups excluding carboxylic acids is 1. The minimum Gasteiger partial charge on any atom is -0.369 e. The Balaban J connectivity index is 0.00000306. The monoisotopic (exact) mass is 491 g/mol. The molecule has 2 aliphatic heterocycles. The lowest BCUT2D eigenvalue weighted by Crippen LogP contribution is -2.49. The number of piperazine rings is 1. The van der Waals surface area contributed by atoms with Crippen LogP contribution in [0.1, 0.15) is 31.9 Å². The van der Waals surface area contributed by atoms with Crippen molar-refractivity contribution in [2.24, 2.45) is 0 Å². The van der Waals surface area contributed by atoms with Crippen molar-refractivity contribution in [3.05, 3.63) is 58.6 Å². The number of likely N-dealkylation sites (N-methyl/N-ethyl adjacent to an activating group) is 1. The fourth-order valence-corrected chi connectivity index (χ4v) is 4.60. The van der Waals surface area contributed by atoms with Crippen LogP contribution in [0.5, 0.6) is 0 Å². The van der Waals surface area contributed by atoms with E-state index in [4.69, 9.17) is 16.3 Å². The molecule has 0 saturated carbocycles. The summed E-state index contributed by atoms with van der Waals surface area (Å²) in [5, 5.41) is 0.721. The first-order valence-electron chi connectivity index (χ1n) is 11.5. The maximum atomic E-state index is 13.4. The highest BCUT2D eigenvalue weighted by Gasteiger charge is 2.32. The number of hydrogen-bond acceptors (Lipinski definition) is 4. The van der Waals surface area contributed by atoms with Crippen LogP contribution in [0.2, 0.25) is 5.02 Å². The third-order valence-electron chi connectivity index (χ3n) is 6.52. The number of ether oxygens (including phenoxy) is 1. The summed E-state index contributed by atoms with van der Waals surface area (Å²) in [6.45, 7) is 11.6. The number of carbonyl (C=O) groups is 1. The van der Waals surface area contributed by atoms with Crippen molar-refractivity contribution in [2.75, 3.05) is 56.2 Å². The van der Waals surface area contributed by atoms with E-state index < -0.39 is 6.10 Å². The lowest BCUT2D eigenvalue weighted by atomic mass is 9.87. The van der Waals surface area contributed by atoms with E-state index >= 15 is 0 Å². The summed E-state index contributed by atoms with van der Waals surface area (Å²) in [6.07, 6.45) is 0.0623. The summed E-state index contributed by atoms with van der Waals surface area (Å²) in [6, 6.07) is 14.3. The van der Waals surface area contributed by atoms with Crippen LogP contribution < -0.4 is 9.80 Å². The summed E-state index contributed by atoms with van der Waals surface area (Å²) in [7, 11) is 2.15. The molecule has 4 rings (SSSR count). The molecule has 0 radical (unpaired) electrons. The normalized spacial score (nSPS) is 20.0. The summed E-state index contributed by atoms with van der Waals surface area (Å²) < 4.78 is 5.96. The summed E-state index contributed by atoms with van der Waals surface area (Å²) in [4.78, 5) is 19.9. The van der Waals surface area contributed by atoms with Gasteiger partial charge in [-0.05, 0) is 47.9 Å². The van der Waals surface area contributed by atoms with Crippen molar-refractivity contribution < 1.29 is 9.53 Å². The molecule has 0 spiro atoms. The van der Waals surface area contributed by atoms with Gasteiger partial charge in [0.05, 0.1) is 6.61 Å². The van der Waals surface area contributed by atoms with E-state index in [1.807, 2.05) is 23.1 Å². The van der Waals surface area contributed by atoms with Crippen molar-refractivity contribution in [1.29, 1.82) is 0 Å². The maximum absolute atomic E-state index is 13.4. The van der Waals surface area contributed by atoms with Crippen LogP contribution in [-0.4, -0.2) is 63.3 Å². The topological polar surface area (TPSA) is 36.0 Å². The van der Waals surface area contributed by atoms with E-state index in [9.17, 15) is 4.79 Å². The number of hydrogen-bond donors (Lipinski definition) is 0. The fourth-order valence-electron chi connectivity index (χ4n) is 4.44.